The van der Waals surface area contributed by atoms with E-state index in [0.29, 0.717) is 23.2 Å². The second kappa shape index (κ2) is 9.19. The largest absolute Gasteiger partial charge is 0.378 e. The number of nitrogens with two attached hydrogens (primary N) is 1. The highest BCUT2D eigenvalue weighted by Gasteiger charge is 2.28. The summed E-state index contributed by atoms with van der Waals surface area (Å²) in [5.41, 5.74) is 8.73. The number of piperidine rings is 1. The zero-order valence-corrected chi connectivity index (χ0v) is 17.9. The average Bonchev–Trinajstić information content (AvgIpc) is 3.49. The highest BCUT2D eigenvalue weighted by molar-refractivity contribution is 7.16. The minimum atomic E-state index is -0.590. The molecule has 0 spiro atoms. The molecule has 1 aliphatic rings. The standard InChI is InChI=1S/C17H20N10O4S/c1-10-4-2-3-7-25(10)9-12-14(20-24-26(12)16-15(18)22-31-23-16)17(28)21-19-8-11-5-6-13(32-11)27(29)30/h5-6,8,10H,2-4,7,9H2,1H3,(H2,18,22)(H,21,28)/b19-8+/t10-/m0/s1. The Labute approximate surface area is 185 Å². The van der Waals surface area contributed by atoms with Gasteiger partial charge in [-0.15, -0.1) is 5.10 Å². The Balaban J connectivity index is 1.57. The summed E-state index contributed by atoms with van der Waals surface area (Å²) in [6, 6.07) is 3.23. The molecule has 3 aromatic rings. The van der Waals surface area contributed by atoms with Gasteiger partial charge in [0.05, 0.1) is 21.7 Å². The third kappa shape index (κ3) is 4.47. The molecule has 0 unspecified atom stereocenters. The van der Waals surface area contributed by atoms with Crippen LogP contribution >= 0.6 is 11.3 Å². The number of nitrogens with one attached hydrogen (secondary N) is 1. The molecule has 0 radical (unpaired) electrons. The maximum Gasteiger partial charge on any atom is 0.324 e. The second-order valence-electron chi connectivity index (χ2n) is 7.22. The molecule has 3 N–H and O–H groups in total. The summed E-state index contributed by atoms with van der Waals surface area (Å²) < 4.78 is 6.01. The van der Waals surface area contributed by atoms with Crippen molar-refractivity contribution in [2.45, 2.75) is 38.8 Å². The summed E-state index contributed by atoms with van der Waals surface area (Å²) in [5.74, 6) is -0.425. The van der Waals surface area contributed by atoms with Crippen LogP contribution in [0.4, 0.5) is 10.8 Å². The summed E-state index contributed by atoms with van der Waals surface area (Å²) in [5, 5.41) is 30.0. The first-order valence-corrected chi connectivity index (χ1v) is 10.6. The Kier molecular flexibility index (Phi) is 6.18. The van der Waals surface area contributed by atoms with Crippen LogP contribution in [0.5, 0.6) is 0 Å². The lowest BCUT2D eigenvalue weighted by molar-refractivity contribution is -0.380. The van der Waals surface area contributed by atoms with E-state index in [-0.39, 0.29) is 22.3 Å². The van der Waals surface area contributed by atoms with Crippen LogP contribution in [0.2, 0.25) is 0 Å². The topological polar surface area (TPSA) is 183 Å². The number of carbonyl (C=O) groups is 1. The number of nitro groups is 1. The fourth-order valence-electron chi connectivity index (χ4n) is 3.43. The van der Waals surface area contributed by atoms with Crippen molar-refractivity contribution < 1.29 is 14.3 Å². The Hall–Kier alpha value is -3.72. The molecule has 1 saturated heterocycles. The van der Waals surface area contributed by atoms with Gasteiger partial charge in [-0.25, -0.2) is 10.1 Å². The fraction of sp³-hybridized carbons (Fsp3) is 0.412. The van der Waals surface area contributed by atoms with Gasteiger partial charge in [0.25, 0.3) is 5.91 Å². The monoisotopic (exact) mass is 460 g/mol. The highest BCUT2D eigenvalue weighted by atomic mass is 32.1. The molecule has 1 fully saturated rings. The molecule has 1 amide bonds. The Morgan fingerprint density at radius 1 is 1.47 bits per heavy atom. The van der Waals surface area contributed by atoms with Crippen LogP contribution in [0, 0.1) is 10.1 Å². The predicted octanol–water partition coefficient (Wildman–Crippen LogP) is 1.34. The lowest BCUT2D eigenvalue weighted by Crippen LogP contribution is -2.38. The quantitative estimate of drug-likeness (QED) is 0.296. The number of carbonyl (C=O) groups excluding carboxylic acids is 1. The molecular formula is C17H20N10O4S. The van der Waals surface area contributed by atoms with Crippen LogP contribution in [0.25, 0.3) is 5.82 Å². The van der Waals surface area contributed by atoms with Gasteiger partial charge >= 0.3 is 5.00 Å². The van der Waals surface area contributed by atoms with Gasteiger partial charge in [0.2, 0.25) is 11.6 Å². The highest BCUT2D eigenvalue weighted by Crippen LogP contribution is 2.23. The summed E-state index contributed by atoms with van der Waals surface area (Å²) in [6.07, 6.45) is 4.58. The van der Waals surface area contributed by atoms with Crippen LogP contribution in [0.15, 0.2) is 21.9 Å². The number of hydrazone groups is 1. The number of amides is 1. The van der Waals surface area contributed by atoms with Crippen molar-refractivity contribution >= 4 is 34.3 Å². The summed E-state index contributed by atoms with van der Waals surface area (Å²) >= 11 is 0.941. The number of thiophene rings is 1. The zero-order chi connectivity index (χ0) is 22.7. The number of rotatable bonds is 7. The number of hydrogen-bond acceptors (Lipinski definition) is 12. The van der Waals surface area contributed by atoms with Gasteiger partial charge in [-0.1, -0.05) is 23.0 Å². The summed E-state index contributed by atoms with van der Waals surface area (Å²) in [6.45, 7) is 3.39. The van der Waals surface area contributed by atoms with E-state index in [1.807, 2.05) is 0 Å². The molecule has 1 atom stereocenters. The molecule has 0 saturated carbocycles. The first-order valence-electron chi connectivity index (χ1n) is 9.78. The maximum absolute atomic E-state index is 12.8. The van der Waals surface area contributed by atoms with Crippen molar-refractivity contribution in [3.05, 3.63) is 38.5 Å². The van der Waals surface area contributed by atoms with Gasteiger partial charge < -0.3 is 5.73 Å². The minimum absolute atomic E-state index is 0.0162. The van der Waals surface area contributed by atoms with Gasteiger partial charge in [-0.05, 0) is 42.7 Å². The summed E-state index contributed by atoms with van der Waals surface area (Å²) in [7, 11) is 0. The molecule has 32 heavy (non-hydrogen) atoms. The molecule has 168 valence electrons. The van der Waals surface area contributed by atoms with E-state index in [1.165, 1.54) is 23.0 Å². The second-order valence-corrected chi connectivity index (χ2v) is 8.31. The van der Waals surface area contributed by atoms with Crippen molar-refractivity contribution in [2.24, 2.45) is 5.10 Å². The maximum atomic E-state index is 12.8. The molecular weight excluding hydrogens is 440 g/mol. The SMILES string of the molecule is C[C@H]1CCCCN1Cc1c(C(=O)N/N=C/c2ccc([N+](=O)[O-])s2)nnn1-c1nonc1N. The van der Waals surface area contributed by atoms with E-state index in [2.05, 4.69) is 47.6 Å². The van der Waals surface area contributed by atoms with Gasteiger partial charge in [0.15, 0.2) is 5.69 Å². The van der Waals surface area contributed by atoms with Crippen LogP contribution in [0.1, 0.15) is 47.2 Å². The third-order valence-corrected chi connectivity index (χ3v) is 6.09. The van der Waals surface area contributed by atoms with Crippen molar-refractivity contribution in [3.63, 3.8) is 0 Å². The molecule has 15 heteroatoms. The zero-order valence-electron chi connectivity index (χ0n) is 17.0. The normalized spacial score (nSPS) is 17.1. The van der Waals surface area contributed by atoms with Crippen LogP contribution in [-0.4, -0.2) is 59.8 Å². The Morgan fingerprint density at radius 2 is 2.31 bits per heavy atom. The molecule has 4 rings (SSSR count). The van der Waals surface area contributed by atoms with E-state index >= 15 is 0 Å². The predicted molar refractivity (Wildman–Crippen MR) is 113 cm³/mol. The molecule has 3 aromatic heterocycles. The molecule has 0 aliphatic carbocycles. The third-order valence-electron chi connectivity index (χ3n) is 5.12. The van der Waals surface area contributed by atoms with Crippen LogP contribution in [-0.2, 0) is 6.54 Å². The molecule has 14 nitrogen and oxygen atoms in total. The number of anilines is 1. The molecule has 1 aliphatic heterocycles. The van der Waals surface area contributed by atoms with Crippen molar-refractivity contribution in [2.75, 3.05) is 12.3 Å². The first kappa shape index (κ1) is 21.5. The van der Waals surface area contributed by atoms with Gasteiger partial charge in [-0.2, -0.15) is 9.78 Å². The minimum Gasteiger partial charge on any atom is -0.378 e. The average molecular weight is 460 g/mol. The fourth-order valence-corrected chi connectivity index (χ4v) is 4.12. The van der Waals surface area contributed by atoms with Crippen LogP contribution < -0.4 is 11.2 Å². The Morgan fingerprint density at radius 3 is 3.00 bits per heavy atom. The number of hydrogen-bond donors (Lipinski definition) is 2. The van der Waals surface area contributed by atoms with Gasteiger partial charge in [0, 0.05) is 18.7 Å². The smallest absolute Gasteiger partial charge is 0.324 e. The van der Waals surface area contributed by atoms with E-state index < -0.39 is 10.8 Å². The molecule has 0 aromatic carbocycles. The number of likely N-dealkylation sites (tertiary alicyclic amines) is 1. The number of aromatic nitrogens is 5. The van der Waals surface area contributed by atoms with E-state index in [4.69, 9.17) is 5.73 Å². The molecule has 4 heterocycles. The molecule has 0 bridgehead atoms. The Bertz CT molecular complexity index is 1150. The number of nitrogens with zero attached hydrogens (tertiary/aromatic N) is 8. The first-order chi connectivity index (χ1) is 15.4. The van der Waals surface area contributed by atoms with Crippen LogP contribution in [0.3, 0.4) is 0 Å². The van der Waals surface area contributed by atoms with Gasteiger partial charge in [0.1, 0.15) is 0 Å². The summed E-state index contributed by atoms with van der Waals surface area (Å²) in [4.78, 5) is 25.8. The lowest BCUT2D eigenvalue weighted by Gasteiger charge is -2.33. The van der Waals surface area contributed by atoms with Crippen molar-refractivity contribution in [1.29, 1.82) is 0 Å². The lowest BCUT2D eigenvalue weighted by atomic mass is 10.0. The van der Waals surface area contributed by atoms with Crippen molar-refractivity contribution in [1.82, 2.24) is 35.6 Å². The van der Waals surface area contributed by atoms with E-state index in [9.17, 15) is 14.9 Å². The van der Waals surface area contributed by atoms with E-state index in [0.717, 1.165) is 37.1 Å². The van der Waals surface area contributed by atoms with Gasteiger partial charge in [-0.3, -0.25) is 19.8 Å². The van der Waals surface area contributed by atoms with Crippen molar-refractivity contribution in [3.8, 4) is 5.82 Å². The van der Waals surface area contributed by atoms with E-state index in [1.54, 1.807) is 0 Å². The number of nitrogen functional groups attached to an aromatic ring is 1.